The Balaban J connectivity index is 0.0000144. The minimum absolute atomic E-state index is 0. The van der Waals surface area contributed by atoms with E-state index < -0.39 is 0 Å². The fraction of sp³-hybridized carbons (Fsp3) is 0.800. The van der Waals surface area contributed by atoms with Crippen LogP contribution < -0.4 is 21.7 Å². The molecule has 0 saturated heterocycles. The van der Waals surface area contributed by atoms with E-state index in [1.165, 1.54) is 141 Å². The standard InChI is InChI=1S/C35H65N2O.BrH/c1-5-7-9-11-13-15-17-19-21-23-29-36-33-34-25-27-35(28-26-34)38-32-31-37(3,4)30-24-22-20-18-16-14-12-10-8-6-2;/h25-28,33H,5-24,29-32H2,1-4H3;1H/q+1;/p-1. The molecule has 0 fully saturated rings. The largest absolute Gasteiger partial charge is 1.00 e. The third-order valence-electron chi connectivity index (χ3n) is 7.84. The predicted molar refractivity (Wildman–Crippen MR) is 170 cm³/mol. The van der Waals surface area contributed by atoms with Gasteiger partial charge in [0.2, 0.25) is 0 Å². The highest BCUT2D eigenvalue weighted by Crippen LogP contribution is 2.14. The van der Waals surface area contributed by atoms with Gasteiger partial charge in [0.1, 0.15) is 18.9 Å². The van der Waals surface area contributed by atoms with E-state index in [0.717, 1.165) is 29.9 Å². The Bertz CT molecular complexity index is 659. The first-order chi connectivity index (χ1) is 18.6. The molecule has 39 heavy (non-hydrogen) atoms. The van der Waals surface area contributed by atoms with Crippen molar-refractivity contribution in [2.24, 2.45) is 4.99 Å². The van der Waals surface area contributed by atoms with Crippen molar-refractivity contribution in [3.8, 4) is 5.75 Å². The normalized spacial score (nSPS) is 11.7. The number of aliphatic imine (C=N–C) groups is 1. The second-order valence-corrected chi connectivity index (χ2v) is 12.2. The number of hydrogen-bond acceptors (Lipinski definition) is 2. The number of benzene rings is 1. The van der Waals surface area contributed by atoms with E-state index in [1.54, 1.807) is 0 Å². The van der Waals surface area contributed by atoms with Gasteiger partial charge in [0, 0.05) is 12.8 Å². The van der Waals surface area contributed by atoms with Crippen LogP contribution in [0.25, 0.3) is 0 Å². The summed E-state index contributed by atoms with van der Waals surface area (Å²) in [5.41, 5.74) is 1.17. The average Bonchev–Trinajstić information content (AvgIpc) is 2.91. The molecular formula is C35H65BrN2O. The average molecular weight is 610 g/mol. The number of rotatable bonds is 27. The van der Waals surface area contributed by atoms with Crippen molar-refractivity contribution in [1.82, 2.24) is 0 Å². The van der Waals surface area contributed by atoms with Crippen molar-refractivity contribution in [2.45, 2.75) is 142 Å². The van der Waals surface area contributed by atoms with Crippen LogP contribution in [0.3, 0.4) is 0 Å². The lowest BCUT2D eigenvalue weighted by atomic mass is 10.1. The highest BCUT2D eigenvalue weighted by molar-refractivity contribution is 5.79. The summed E-state index contributed by atoms with van der Waals surface area (Å²) in [4.78, 5) is 4.63. The maximum Gasteiger partial charge on any atom is 0.137 e. The van der Waals surface area contributed by atoms with Gasteiger partial charge in [-0.3, -0.25) is 4.99 Å². The summed E-state index contributed by atoms with van der Waals surface area (Å²) >= 11 is 0. The van der Waals surface area contributed by atoms with Crippen LogP contribution in [0.4, 0.5) is 0 Å². The minimum atomic E-state index is 0. The number of likely N-dealkylation sites (N-methyl/N-ethyl adjacent to an activating group) is 1. The van der Waals surface area contributed by atoms with Crippen LogP contribution in [0.5, 0.6) is 5.75 Å². The predicted octanol–water partition coefficient (Wildman–Crippen LogP) is 7.41. The van der Waals surface area contributed by atoms with Crippen LogP contribution in [-0.4, -0.2) is 51.0 Å². The van der Waals surface area contributed by atoms with Crippen molar-refractivity contribution in [3.05, 3.63) is 29.8 Å². The van der Waals surface area contributed by atoms with Gasteiger partial charge < -0.3 is 26.2 Å². The van der Waals surface area contributed by atoms with Crippen LogP contribution in [0.1, 0.15) is 148 Å². The van der Waals surface area contributed by atoms with E-state index in [4.69, 9.17) is 4.74 Å². The Morgan fingerprint density at radius 1 is 0.590 bits per heavy atom. The molecule has 0 aliphatic heterocycles. The Hall–Kier alpha value is -0.870. The zero-order valence-electron chi connectivity index (χ0n) is 26.5. The Morgan fingerprint density at radius 2 is 1.03 bits per heavy atom. The van der Waals surface area contributed by atoms with Gasteiger partial charge in [0.25, 0.3) is 0 Å². The third-order valence-corrected chi connectivity index (χ3v) is 7.84. The highest BCUT2D eigenvalue weighted by atomic mass is 79.9. The molecule has 228 valence electrons. The molecule has 0 aliphatic rings. The molecule has 1 aromatic rings. The quantitative estimate of drug-likeness (QED) is 0.0579. The Kier molecular flexibility index (Phi) is 26.7. The molecular weight excluding hydrogens is 544 g/mol. The van der Waals surface area contributed by atoms with Crippen LogP contribution in [0, 0.1) is 0 Å². The van der Waals surface area contributed by atoms with Crippen molar-refractivity contribution in [1.29, 1.82) is 0 Å². The van der Waals surface area contributed by atoms with Crippen molar-refractivity contribution < 1.29 is 26.2 Å². The molecule has 0 unspecified atom stereocenters. The smallest absolute Gasteiger partial charge is 0.137 e. The lowest BCUT2D eigenvalue weighted by Crippen LogP contribution is -3.00. The van der Waals surface area contributed by atoms with Crippen molar-refractivity contribution in [2.75, 3.05) is 40.3 Å². The molecule has 4 heteroatoms. The van der Waals surface area contributed by atoms with E-state index in [9.17, 15) is 0 Å². The van der Waals surface area contributed by atoms with E-state index in [0.29, 0.717) is 0 Å². The van der Waals surface area contributed by atoms with Crippen LogP contribution in [0.2, 0.25) is 0 Å². The molecule has 0 heterocycles. The SMILES string of the molecule is CCCCCCCCCCCCN=Cc1ccc(OCC[N+](C)(C)CCCCCCCCCCCC)cc1.[Br-]. The van der Waals surface area contributed by atoms with Gasteiger partial charge in [0.15, 0.2) is 0 Å². The fourth-order valence-electron chi connectivity index (χ4n) is 5.06. The van der Waals surface area contributed by atoms with Crippen molar-refractivity contribution >= 4 is 6.21 Å². The molecule has 0 atom stereocenters. The van der Waals surface area contributed by atoms with Crippen LogP contribution in [0.15, 0.2) is 29.3 Å². The van der Waals surface area contributed by atoms with Gasteiger partial charge in [0.05, 0.1) is 20.6 Å². The first-order valence-electron chi connectivity index (χ1n) is 16.6. The summed E-state index contributed by atoms with van der Waals surface area (Å²) in [5.74, 6) is 0.968. The van der Waals surface area contributed by atoms with Crippen LogP contribution in [-0.2, 0) is 0 Å². The summed E-state index contributed by atoms with van der Waals surface area (Å²) in [6.45, 7) is 8.60. The van der Waals surface area contributed by atoms with E-state index in [1.807, 2.05) is 6.21 Å². The molecule has 1 rings (SSSR count). The Labute approximate surface area is 255 Å². The molecule has 0 aliphatic carbocycles. The van der Waals surface area contributed by atoms with Gasteiger partial charge in [-0.25, -0.2) is 0 Å². The Morgan fingerprint density at radius 3 is 1.51 bits per heavy atom. The van der Waals surface area contributed by atoms with E-state index >= 15 is 0 Å². The molecule has 3 nitrogen and oxygen atoms in total. The second kappa shape index (κ2) is 27.3. The minimum Gasteiger partial charge on any atom is -1.00 e. The number of quaternary nitrogens is 1. The molecule has 0 saturated carbocycles. The number of unbranched alkanes of at least 4 members (excludes halogenated alkanes) is 18. The van der Waals surface area contributed by atoms with E-state index in [2.05, 4.69) is 57.2 Å². The lowest BCUT2D eigenvalue weighted by Gasteiger charge is -2.29. The van der Waals surface area contributed by atoms with Gasteiger partial charge in [-0.1, -0.05) is 123 Å². The molecule has 0 bridgehead atoms. The van der Waals surface area contributed by atoms with Gasteiger partial charge in [-0.15, -0.1) is 0 Å². The van der Waals surface area contributed by atoms with Crippen LogP contribution >= 0.6 is 0 Å². The zero-order chi connectivity index (χ0) is 27.6. The number of hydrogen-bond donors (Lipinski definition) is 0. The summed E-state index contributed by atoms with van der Waals surface area (Å²) < 4.78 is 7.10. The number of nitrogens with zero attached hydrogens (tertiary/aromatic N) is 2. The molecule has 0 radical (unpaired) electrons. The third kappa shape index (κ3) is 24.6. The lowest BCUT2D eigenvalue weighted by molar-refractivity contribution is -0.890. The summed E-state index contributed by atoms with van der Waals surface area (Å²) in [6.07, 6.45) is 29.8. The van der Waals surface area contributed by atoms with Gasteiger partial charge in [-0.05, 0) is 49.1 Å². The number of ether oxygens (including phenoxy) is 1. The topological polar surface area (TPSA) is 21.6 Å². The highest BCUT2D eigenvalue weighted by Gasteiger charge is 2.14. The zero-order valence-corrected chi connectivity index (χ0v) is 28.1. The first-order valence-corrected chi connectivity index (χ1v) is 16.6. The molecule has 0 N–H and O–H groups in total. The molecule has 0 spiro atoms. The van der Waals surface area contributed by atoms with Crippen molar-refractivity contribution in [3.63, 3.8) is 0 Å². The van der Waals surface area contributed by atoms with E-state index in [-0.39, 0.29) is 17.0 Å². The maximum atomic E-state index is 6.05. The first kappa shape index (κ1) is 38.1. The summed E-state index contributed by atoms with van der Waals surface area (Å²) in [7, 11) is 4.68. The van der Waals surface area contributed by atoms with Gasteiger partial charge in [-0.2, -0.15) is 0 Å². The summed E-state index contributed by atoms with van der Waals surface area (Å²) in [6, 6.07) is 8.43. The molecule has 0 aromatic heterocycles. The maximum absolute atomic E-state index is 6.05. The molecule has 1 aromatic carbocycles. The fourth-order valence-corrected chi connectivity index (χ4v) is 5.06. The second-order valence-electron chi connectivity index (χ2n) is 12.2. The summed E-state index contributed by atoms with van der Waals surface area (Å²) in [5, 5.41) is 0. The monoisotopic (exact) mass is 608 g/mol. The number of halogens is 1. The van der Waals surface area contributed by atoms with Gasteiger partial charge >= 0.3 is 0 Å². The molecule has 0 amide bonds.